The lowest BCUT2D eigenvalue weighted by atomic mass is 9.93. The molecule has 0 aromatic carbocycles. The lowest BCUT2D eigenvalue weighted by molar-refractivity contribution is 0.136. The molecule has 7 heteroatoms. The van der Waals surface area contributed by atoms with Crippen molar-refractivity contribution in [3.05, 3.63) is 5.21 Å². The van der Waals surface area contributed by atoms with Gasteiger partial charge in [0.2, 0.25) is 0 Å². The molecule has 7 nitrogen and oxygen atoms in total. The van der Waals surface area contributed by atoms with E-state index in [1.165, 1.54) is 6.42 Å². The standard InChI is InChI=1S/C13H26N5O2/c1-9-6-10(2)15-12(7-9)16-13(17-20-3)11-8-18(19)5-4-14-11/h9-12,14-15H,4-8H2,1-3H3,(H,16,17)/q-1. The average molecular weight is 284 g/mol. The first-order valence-corrected chi connectivity index (χ1v) is 7.36. The normalized spacial score (nSPS) is 36.9. The second-order valence-electron chi connectivity index (χ2n) is 5.88. The van der Waals surface area contributed by atoms with Crippen molar-refractivity contribution >= 4 is 5.84 Å². The molecule has 0 bridgehead atoms. The molecule has 0 amide bonds. The van der Waals surface area contributed by atoms with Gasteiger partial charge < -0.3 is 15.6 Å². The van der Waals surface area contributed by atoms with Crippen LogP contribution in [0.2, 0.25) is 0 Å². The smallest absolute Gasteiger partial charge is 0.140 e. The van der Waals surface area contributed by atoms with Crippen LogP contribution in [0.1, 0.15) is 26.7 Å². The number of aliphatic imine (C=N–C) groups is 1. The summed E-state index contributed by atoms with van der Waals surface area (Å²) in [7, 11) is 1.56. The fraction of sp³-hybridized carbons (Fsp3) is 0.923. The highest BCUT2D eigenvalue weighted by Gasteiger charge is 2.25. The zero-order valence-corrected chi connectivity index (χ0v) is 12.6. The minimum Gasteiger partial charge on any atom is -0.785 e. The molecule has 3 N–H and O–H groups in total. The van der Waals surface area contributed by atoms with Crippen LogP contribution in [-0.4, -0.2) is 55.9 Å². The van der Waals surface area contributed by atoms with Gasteiger partial charge in [0.1, 0.15) is 12.0 Å². The molecular weight excluding hydrogens is 258 g/mol. The molecule has 4 unspecified atom stereocenters. The minimum absolute atomic E-state index is 0.0789. The molecule has 2 aliphatic rings. The van der Waals surface area contributed by atoms with Crippen molar-refractivity contribution in [2.45, 2.75) is 44.9 Å². The molecule has 0 spiro atoms. The molecule has 20 heavy (non-hydrogen) atoms. The minimum atomic E-state index is -0.101. The first kappa shape index (κ1) is 15.7. The van der Waals surface area contributed by atoms with Crippen LogP contribution in [0, 0.1) is 11.1 Å². The molecular formula is C13H26N5O2-. The zero-order valence-electron chi connectivity index (χ0n) is 12.6. The zero-order chi connectivity index (χ0) is 14.5. The Kier molecular flexibility index (Phi) is 5.74. The maximum Gasteiger partial charge on any atom is 0.140 e. The molecule has 0 radical (unpaired) electrons. The quantitative estimate of drug-likeness (QED) is 0.386. The van der Waals surface area contributed by atoms with Gasteiger partial charge in [-0.15, -0.1) is 0 Å². The van der Waals surface area contributed by atoms with Gasteiger partial charge in [-0.05, 0) is 32.2 Å². The SMILES string of the molecule is CONC(=NC1CC(C)CC(C)N1)C1CN([O-])CCN1. The van der Waals surface area contributed by atoms with E-state index in [0.29, 0.717) is 37.4 Å². The van der Waals surface area contributed by atoms with Crippen LogP contribution in [-0.2, 0) is 4.84 Å². The van der Waals surface area contributed by atoms with Gasteiger partial charge in [0.15, 0.2) is 0 Å². The van der Waals surface area contributed by atoms with E-state index in [2.05, 4.69) is 30.0 Å². The second-order valence-corrected chi connectivity index (χ2v) is 5.88. The van der Waals surface area contributed by atoms with E-state index in [4.69, 9.17) is 9.83 Å². The van der Waals surface area contributed by atoms with Gasteiger partial charge in [-0.3, -0.25) is 20.6 Å². The number of amidine groups is 1. The molecule has 2 aliphatic heterocycles. The van der Waals surface area contributed by atoms with E-state index in [-0.39, 0.29) is 12.2 Å². The topological polar surface area (TPSA) is 84.0 Å². The van der Waals surface area contributed by atoms with Gasteiger partial charge in [-0.1, -0.05) is 6.92 Å². The highest BCUT2D eigenvalue weighted by molar-refractivity contribution is 5.87. The van der Waals surface area contributed by atoms with Crippen LogP contribution in [0.3, 0.4) is 0 Å². The molecule has 0 aromatic rings. The second kappa shape index (κ2) is 7.33. The van der Waals surface area contributed by atoms with Gasteiger partial charge in [0.25, 0.3) is 0 Å². The third-order valence-electron chi connectivity index (χ3n) is 3.83. The summed E-state index contributed by atoms with van der Waals surface area (Å²) < 4.78 is 0. The largest absolute Gasteiger partial charge is 0.785 e. The van der Waals surface area contributed by atoms with Crippen LogP contribution in [0.4, 0.5) is 0 Å². The Morgan fingerprint density at radius 3 is 2.85 bits per heavy atom. The molecule has 0 saturated carbocycles. The predicted molar refractivity (Wildman–Crippen MR) is 79.1 cm³/mol. The lowest BCUT2D eigenvalue weighted by Crippen LogP contribution is -2.56. The maximum absolute atomic E-state index is 11.5. The predicted octanol–water partition coefficient (Wildman–Crippen LogP) is 0.0416. The Morgan fingerprint density at radius 2 is 2.20 bits per heavy atom. The van der Waals surface area contributed by atoms with E-state index in [1.54, 1.807) is 7.11 Å². The van der Waals surface area contributed by atoms with E-state index < -0.39 is 0 Å². The monoisotopic (exact) mass is 284 g/mol. The number of hydrogen-bond donors (Lipinski definition) is 3. The fourth-order valence-electron chi connectivity index (χ4n) is 3.00. The molecule has 0 aromatic heterocycles. The molecule has 2 saturated heterocycles. The molecule has 0 aliphatic carbocycles. The Balaban J connectivity index is 2.04. The van der Waals surface area contributed by atoms with Crippen molar-refractivity contribution in [1.29, 1.82) is 0 Å². The molecule has 2 heterocycles. The summed E-state index contributed by atoms with van der Waals surface area (Å²) in [5, 5.41) is 19.4. The van der Waals surface area contributed by atoms with Crippen molar-refractivity contribution in [2.24, 2.45) is 10.9 Å². The molecule has 116 valence electrons. The van der Waals surface area contributed by atoms with E-state index in [0.717, 1.165) is 11.5 Å². The number of rotatable bonds is 3. The van der Waals surface area contributed by atoms with Crippen LogP contribution < -0.4 is 16.1 Å². The van der Waals surface area contributed by atoms with Gasteiger partial charge >= 0.3 is 0 Å². The highest BCUT2D eigenvalue weighted by Crippen LogP contribution is 2.20. The highest BCUT2D eigenvalue weighted by atomic mass is 16.6. The number of nitrogens with zero attached hydrogens (tertiary/aromatic N) is 2. The number of hydroxylamine groups is 3. The number of nitrogens with one attached hydrogen (secondary N) is 3. The first-order chi connectivity index (χ1) is 9.58. The fourth-order valence-corrected chi connectivity index (χ4v) is 3.00. The van der Waals surface area contributed by atoms with Gasteiger partial charge in [-0.2, -0.15) is 0 Å². The van der Waals surface area contributed by atoms with Crippen LogP contribution in [0.5, 0.6) is 0 Å². The summed E-state index contributed by atoms with van der Waals surface area (Å²) in [6.07, 6.45) is 2.26. The van der Waals surface area contributed by atoms with E-state index in [1.807, 2.05) is 0 Å². The van der Waals surface area contributed by atoms with Gasteiger partial charge in [-0.25, -0.2) is 0 Å². The summed E-state index contributed by atoms with van der Waals surface area (Å²) in [5.74, 6) is 1.35. The van der Waals surface area contributed by atoms with Crippen LogP contribution in [0.15, 0.2) is 4.99 Å². The number of piperidine rings is 1. The summed E-state index contributed by atoms with van der Waals surface area (Å²) in [6, 6.07) is 0.363. The Morgan fingerprint density at radius 1 is 1.40 bits per heavy atom. The Hall–Kier alpha value is -0.730. The number of piperazine rings is 1. The summed E-state index contributed by atoms with van der Waals surface area (Å²) in [5.41, 5.74) is 2.83. The third-order valence-corrected chi connectivity index (χ3v) is 3.83. The summed E-state index contributed by atoms with van der Waals surface area (Å²) in [4.78, 5) is 9.74. The molecule has 4 atom stereocenters. The van der Waals surface area contributed by atoms with Crippen molar-refractivity contribution in [3.8, 4) is 0 Å². The lowest BCUT2D eigenvalue weighted by Gasteiger charge is -2.39. The third kappa shape index (κ3) is 4.39. The van der Waals surface area contributed by atoms with Crippen molar-refractivity contribution in [1.82, 2.24) is 21.2 Å². The van der Waals surface area contributed by atoms with E-state index >= 15 is 0 Å². The van der Waals surface area contributed by atoms with Crippen molar-refractivity contribution in [3.63, 3.8) is 0 Å². The van der Waals surface area contributed by atoms with Gasteiger partial charge in [0.05, 0.1) is 13.2 Å². The Bertz CT molecular complexity index is 329. The summed E-state index contributed by atoms with van der Waals surface area (Å²) >= 11 is 0. The molecule has 2 rings (SSSR count). The van der Waals surface area contributed by atoms with Crippen LogP contribution in [0.25, 0.3) is 0 Å². The van der Waals surface area contributed by atoms with Crippen molar-refractivity contribution < 1.29 is 4.84 Å². The summed E-state index contributed by atoms with van der Waals surface area (Å²) in [6.45, 7) is 6.02. The average Bonchev–Trinajstić information content (AvgIpc) is 2.37. The van der Waals surface area contributed by atoms with Crippen molar-refractivity contribution in [2.75, 3.05) is 26.7 Å². The molecule has 2 fully saturated rings. The first-order valence-electron chi connectivity index (χ1n) is 7.36. The Labute approximate surface area is 120 Å². The number of hydrogen-bond acceptors (Lipinski definition) is 6. The maximum atomic E-state index is 11.5. The van der Waals surface area contributed by atoms with Crippen LogP contribution >= 0.6 is 0 Å². The van der Waals surface area contributed by atoms with E-state index in [9.17, 15) is 5.21 Å². The van der Waals surface area contributed by atoms with Gasteiger partial charge in [0, 0.05) is 19.1 Å².